The third kappa shape index (κ3) is 3.34. The zero-order chi connectivity index (χ0) is 12.8. The van der Waals surface area contributed by atoms with Gasteiger partial charge in [-0.05, 0) is 24.6 Å². The van der Waals surface area contributed by atoms with Gasteiger partial charge in [0.1, 0.15) is 5.75 Å². The van der Waals surface area contributed by atoms with Crippen molar-refractivity contribution in [3.8, 4) is 5.75 Å². The van der Waals surface area contributed by atoms with E-state index in [-0.39, 0.29) is 23.6 Å². The van der Waals surface area contributed by atoms with E-state index in [2.05, 4.69) is 0 Å². The van der Waals surface area contributed by atoms with E-state index in [0.717, 1.165) is 5.56 Å². The number of carbonyl (C=O) groups excluding carboxylic acids is 1. The number of aromatic hydroxyl groups is 1. The quantitative estimate of drug-likeness (QED) is 0.643. The van der Waals surface area contributed by atoms with Crippen LogP contribution < -0.4 is 0 Å². The summed E-state index contributed by atoms with van der Waals surface area (Å²) in [6.07, 6.45) is 3.88. The summed E-state index contributed by atoms with van der Waals surface area (Å²) in [5.41, 5.74) is 0.985. The Morgan fingerprint density at radius 1 is 1.35 bits per heavy atom. The summed E-state index contributed by atoms with van der Waals surface area (Å²) < 4.78 is 4.76. The smallest absolute Gasteiger partial charge is 0.309 e. The molecule has 0 aliphatic rings. The van der Waals surface area contributed by atoms with Gasteiger partial charge in [0.2, 0.25) is 0 Å². The fraction of sp³-hybridized carbons (Fsp3) is 0.357. The van der Waals surface area contributed by atoms with Crippen molar-refractivity contribution < 1.29 is 14.6 Å². The van der Waals surface area contributed by atoms with Crippen LogP contribution in [-0.2, 0) is 9.53 Å². The highest BCUT2D eigenvalue weighted by Crippen LogP contribution is 2.28. The molecule has 1 N–H and O–H groups in total. The number of methoxy groups -OCH3 is 1. The summed E-state index contributed by atoms with van der Waals surface area (Å²) in [5, 5.41) is 9.25. The molecule has 3 heteroatoms. The van der Waals surface area contributed by atoms with E-state index in [1.54, 1.807) is 12.1 Å². The van der Waals surface area contributed by atoms with E-state index >= 15 is 0 Å². The first-order valence-electron chi connectivity index (χ1n) is 5.59. The predicted molar refractivity (Wildman–Crippen MR) is 66.8 cm³/mol. The van der Waals surface area contributed by atoms with E-state index in [0.29, 0.717) is 0 Å². The number of phenols is 1. The SMILES string of the molecule is C/C=C\[C@@H](c1ccc(O)cc1)[C@H](C)C(=O)OC. The van der Waals surface area contributed by atoms with Crippen LogP contribution in [0.15, 0.2) is 36.4 Å². The number of benzene rings is 1. The van der Waals surface area contributed by atoms with E-state index in [9.17, 15) is 9.90 Å². The first-order valence-corrected chi connectivity index (χ1v) is 5.59. The predicted octanol–water partition coefficient (Wildman–Crippen LogP) is 2.86. The molecule has 0 bridgehead atoms. The number of hydrogen-bond donors (Lipinski definition) is 1. The van der Waals surface area contributed by atoms with Crippen LogP contribution in [0.3, 0.4) is 0 Å². The maximum atomic E-state index is 11.6. The fourth-order valence-corrected chi connectivity index (χ4v) is 1.80. The van der Waals surface area contributed by atoms with Crippen LogP contribution >= 0.6 is 0 Å². The molecule has 0 aliphatic heterocycles. The zero-order valence-corrected chi connectivity index (χ0v) is 10.4. The summed E-state index contributed by atoms with van der Waals surface area (Å²) in [4.78, 5) is 11.6. The van der Waals surface area contributed by atoms with Crippen molar-refractivity contribution in [2.24, 2.45) is 5.92 Å². The Balaban J connectivity index is 3.00. The zero-order valence-electron chi connectivity index (χ0n) is 10.4. The Morgan fingerprint density at radius 2 is 1.94 bits per heavy atom. The molecule has 2 atom stereocenters. The molecule has 0 saturated carbocycles. The number of carbonyl (C=O) groups is 1. The number of allylic oxidation sites excluding steroid dienone is 2. The Labute approximate surface area is 102 Å². The van der Waals surface area contributed by atoms with Gasteiger partial charge in [0, 0.05) is 5.92 Å². The van der Waals surface area contributed by atoms with Crippen LogP contribution in [0.2, 0.25) is 0 Å². The largest absolute Gasteiger partial charge is 0.508 e. The highest BCUT2D eigenvalue weighted by molar-refractivity contribution is 5.73. The van der Waals surface area contributed by atoms with Crippen LogP contribution in [0.25, 0.3) is 0 Å². The molecule has 1 aromatic carbocycles. The number of hydrogen-bond acceptors (Lipinski definition) is 3. The molecule has 0 saturated heterocycles. The maximum absolute atomic E-state index is 11.6. The van der Waals surface area contributed by atoms with E-state index in [1.165, 1.54) is 7.11 Å². The van der Waals surface area contributed by atoms with Crippen molar-refractivity contribution >= 4 is 5.97 Å². The Bertz CT molecular complexity index is 392. The topological polar surface area (TPSA) is 46.5 Å². The molecule has 17 heavy (non-hydrogen) atoms. The molecule has 3 nitrogen and oxygen atoms in total. The molecule has 1 aromatic rings. The minimum absolute atomic E-state index is 0.0342. The van der Waals surface area contributed by atoms with Crippen molar-refractivity contribution in [2.75, 3.05) is 7.11 Å². The van der Waals surface area contributed by atoms with Gasteiger partial charge in [-0.15, -0.1) is 0 Å². The average molecular weight is 234 g/mol. The van der Waals surface area contributed by atoms with Gasteiger partial charge in [-0.1, -0.05) is 31.2 Å². The van der Waals surface area contributed by atoms with Gasteiger partial charge in [-0.25, -0.2) is 0 Å². The monoisotopic (exact) mass is 234 g/mol. The van der Waals surface area contributed by atoms with Crippen LogP contribution in [-0.4, -0.2) is 18.2 Å². The molecule has 92 valence electrons. The van der Waals surface area contributed by atoms with Crippen molar-refractivity contribution in [1.29, 1.82) is 0 Å². The first kappa shape index (κ1) is 13.3. The Kier molecular flexibility index (Phi) is 4.76. The van der Waals surface area contributed by atoms with Crippen LogP contribution in [0.5, 0.6) is 5.75 Å². The average Bonchev–Trinajstić information content (AvgIpc) is 2.35. The second kappa shape index (κ2) is 6.09. The summed E-state index contributed by atoms with van der Waals surface area (Å²) >= 11 is 0. The van der Waals surface area contributed by atoms with Crippen LogP contribution in [0.1, 0.15) is 25.3 Å². The van der Waals surface area contributed by atoms with E-state index in [1.807, 2.05) is 38.1 Å². The van der Waals surface area contributed by atoms with Crippen molar-refractivity contribution in [3.63, 3.8) is 0 Å². The lowest BCUT2D eigenvalue weighted by atomic mass is 9.87. The second-order valence-corrected chi connectivity index (χ2v) is 3.95. The van der Waals surface area contributed by atoms with Crippen molar-refractivity contribution in [1.82, 2.24) is 0 Å². The first-order chi connectivity index (χ1) is 8.10. The molecule has 0 amide bonds. The normalized spacial score (nSPS) is 14.5. The number of ether oxygens (including phenoxy) is 1. The molecule has 0 fully saturated rings. The fourth-order valence-electron chi connectivity index (χ4n) is 1.80. The Hall–Kier alpha value is -1.77. The van der Waals surface area contributed by atoms with Gasteiger partial charge in [-0.3, -0.25) is 4.79 Å². The molecular formula is C14H18O3. The van der Waals surface area contributed by atoms with Crippen molar-refractivity contribution in [2.45, 2.75) is 19.8 Å². The maximum Gasteiger partial charge on any atom is 0.309 e. The highest BCUT2D eigenvalue weighted by atomic mass is 16.5. The summed E-state index contributed by atoms with van der Waals surface area (Å²) in [6, 6.07) is 6.88. The summed E-state index contributed by atoms with van der Waals surface area (Å²) in [5.74, 6) is -0.298. The molecule has 1 rings (SSSR count). The lowest BCUT2D eigenvalue weighted by molar-refractivity contribution is -0.145. The number of phenolic OH excluding ortho intramolecular Hbond substituents is 1. The van der Waals surface area contributed by atoms with Crippen LogP contribution in [0.4, 0.5) is 0 Å². The summed E-state index contributed by atoms with van der Waals surface area (Å²) in [6.45, 7) is 3.75. The second-order valence-electron chi connectivity index (χ2n) is 3.95. The van der Waals surface area contributed by atoms with E-state index in [4.69, 9.17) is 4.74 Å². The summed E-state index contributed by atoms with van der Waals surface area (Å²) in [7, 11) is 1.39. The van der Waals surface area contributed by atoms with Gasteiger partial charge in [-0.2, -0.15) is 0 Å². The molecule has 0 unspecified atom stereocenters. The van der Waals surface area contributed by atoms with Gasteiger partial charge >= 0.3 is 5.97 Å². The third-order valence-corrected chi connectivity index (χ3v) is 2.79. The number of rotatable bonds is 4. The minimum atomic E-state index is -0.249. The van der Waals surface area contributed by atoms with Crippen molar-refractivity contribution in [3.05, 3.63) is 42.0 Å². The lowest BCUT2D eigenvalue weighted by Crippen LogP contribution is -2.19. The minimum Gasteiger partial charge on any atom is -0.508 e. The highest BCUT2D eigenvalue weighted by Gasteiger charge is 2.23. The van der Waals surface area contributed by atoms with E-state index < -0.39 is 0 Å². The van der Waals surface area contributed by atoms with Gasteiger partial charge < -0.3 is 9.84 Å². The molecule has 0 aliphatic carbocycles. The van der Waals surface area contributed by atoms with Gasteiger partial charge in [0.15, 0.2) is 0 Å². The standard InChI is InChI=1S/C14H18O3/c1-4-5-13(10(2)14(16)17-3)11-6-8-12(15)9-7-11/h4-10,13,15H,1-3H3/b5-4-/t10-,13+/m0/s1. The molecule has 0 radical (unpaired) electrons. The molecular weight excluding hydrogens is 216 g/mol. The third-order valence-electron chi connectivity index (χ3n) is 2.79. The Morgan fingerprint density at radius 3 is 2.41 bits per heavy atom. The lowest BCUT2D eigenvalue weighted by Gasteiger charge is -2.19. The molecule has 0 heterocycles. The molecule has 0 aromatic heterocycles. The van der Waals surface area contributed by atoms with Crippen LogP contribution in [0, 0.1) is 5.92 Å². The van der Waals surface area contributed by atoms with Gasteiger partial charge in [0.25, 0.3) is 0 Å². The number of esters is 1. The molecule has 0 spiro atoms. The van der Waals surface area contributed by atoms with Gasteiger partial charge in [0.05, 0.1) is 13.0 Å².